The predicted molar refractivity (Wildman–Crippen MR) is 131 cm³/mol. The van der Waals surface area contributed by atoms with Crippen LogP contribution in [0, 0.1) is 23.7 Å². The molecule has 0 amide bonds. The first-order chi connectivity index (χ1) is 16.7. The standard InChI is InChI=1S/C30H32O4/c1-19(29-18-31-30(34-33-29)25-13-20-12-21(15-25)16-26(30)14-20)22-6-9-27(10-7-22)32-28-11-8-23-4-2-3-5-24(23)17-28/h2-11,17,19-21,25-26,29H,12-16,18H2,1H3/t19-,20?,21?,25?,26?,29?,30?/m0/s1. The van der Waals surface area contributed by atoms with Gasteiger partial charge in [0, 0.05) is 17.8 Å². The van der Waals surface area contributed by atoms with Crippen LogP contribution in [-0.4, -0.2) is 18.5 Å². The van der Waals surface area contributed by atoms with Gasteiger partial charge in [-0.25, -0.2) is 9.78 Å². The van der Waals surface area contributed by atoms with Gasteiger partial charge in [0.15, 0.2) is 0 Å². The van der Waals surface area contributed by atoms with Crippen molar-refractivity contribution in [1.29, 1.82) is 0 Å². The van der Waals surface area contributed by atoms with Crippen molar-refractivity contribution in [3.8, 4) is 11.5 Å². The van der Waals surface area contributed by atoms with Crippen LogP contribution in [0.3, 0.4) is 0 Å². The molecule has 4 saturated carbocycles. The lowest BCUT2D eigenvalue weighted by atomic mass is 9.53. The summed E-state index contributed by atoms with van der Waals surface area (Å²) in [6, 6.07) is 22.8. The summed E-state index contributed by atoms with van der Waals surface area (Å²) < 4.78 is 12.7. The number of ether oxygens (including phenoxy) is 2. The van der Waals surface area contributed by atoms with Crippen molar-refractivity contribution in [3.63, 3.8) is 0 Å². The van der Waals surface area contributed by atoms with Crippen molar-refractivity contribution < 1.29 is 19.2 Å². The minimum Gasteiger partial charge on any atom is -0.457 e. The van der Waals surface area contributed by atoms with E-state index < -0.39 is 5.79 Å². The normalized spacial score (nSPS) is 35.0. The van der Waals surface area contributed by atoms with Gasteiger partial charge in [0.2, 0.25) is 5.79 Å². The molecule has 176 valence electrons. The van der Waals surface area contributed by atoms with Gasteiger partial charge < -0.3 is 9.47 Å². The molecular weight excluding hydrogens is 424 g/mol. The molecule has 5 aliphatic rings. The van der Waals surface area contributed by atoms with Crippen LogP contribution in [0.4, 0.5) is 0 Å². The summed E-state index contributed by atoms with van der Waals surface area (Å²) >= 11 is 0. The quantitative estimate of drug-likeness (QED) is 0.388. The fraction of sp³-hybridized carbons (Fsp3) is 0.467. The van der Waals surface area contributed by atoms with Crippen LogP contribution >= 0.6 is 0 Å². The number of fused-ring (bicyclic) bond motifs is 1. The zero-order valence-corrected chi connectivity index (χ0v) is 19.7. The Morgan fingerprint density at radius 2 is 1.47 bits per heavy atom. The fourth-order valence-electron chi connectivity index (χ4n) is 7.26. The first-order valence-electron chi connectivity index (χ1n) is 12.9. The van der Waals surface area contributed by atoms with Gasteiger partial charge in [-0.3, -0.25) is 0 Å². The maximum absolute atomic E-state index is 6.56. The third-order valence-corrected chi connectivity index (χ3v) is 8.97. The Morgan fingerprint density at radius 1 is 0.794 bits per heavy atom. The molecule has 0 aromatic heterocycles. The molecule has 2 atom stereocenters. The van der Waals surface area contributed by atoms with Gasteiger partial charge in [0.05, 0.1) is 6.61 Å². The van der Waals surface area contributed by atoms with Gasteiger partial charge in [0.1, 0.15) is 17.6 Å². The first-order valence-corrected chi connectivity index (χ1v) is 12.9. The van der Waals surface area contributed by atoms with E-state index in [9.17, 15) is 0 Å². The van der Waals surface area contributed by atoms with Gasteiger partial charge in [-0.05, 0) is 84.5 Å². The lowest BCUT2D eigenvalue weighted by molar-refractivity contribution is -0.526. The Hall–Kier alpha value is -2.40. The average molecular weight is 457 g/mol. The zero-order valence-electron chi connectivity index (χ0n) is 19.7. The number of benzene rings is 3. The van der Waals surface area contributed by atoms with Crippen LogP contribution in [0.5, 0.6) is 11.5 Å². The van der Waals surface area contributed by atoms with E-state index in [1.807, 2.05) is 24.3 Å². The lowest BCUT2D eigenvalue weighted by Gasteiger charge is -2.60. The molecule has 8 rings (SSSR count). The minimum atomic E-state index is -0.485. The second-order valence-corrected chi connectivity index (χ2v) is 11.0. The van der Waals surface area contributed by atoms with Crippen molar-refractivity contribution in [2.24, 2.45) is 23.7 Å². The Morgan fingerprint density at radius 3 is 2.15 bits per heavy atom. The monoisotopic (exact) mass is 456 g/mol. The molecule has 4 bridgehead atoms. The van der Waals surface area contributed by atoms with E-state index >= 15 is 0 Å². The lowest BCUT2D eigenvalue weighted by Crippen LogP contribution is -2.63. The van der Waals surface area contributed by atoms with Crippen molar-refractivity contribution in [1.82, 2.24) is 0 Å². The Labute approximate surface area is 201 Å². The Bertz CT molecular complexity index is 1150. The van der Waals surface area contributed by atoms with Crippen LogP contribution in [0.1, 0.15) is 50.5 Å². The van der Waals surface area contributed by atoms with Crippen LogP contribution in [-0.2, 0) is 14.5 Å². The minimum absolute atomic E-state index is 0.102. The van der Waals surface area contributed by atoms with E-state index in [-0.39, 0.29) is 12.0 Å². The molecule has 4 nitrogen and oxygen atoms in total. The summed E-state index contributed by atoms with van der Waals surface area (Å²) in [5, 5.41) is 2.39. The van der Waals surface area contributed by atoms with Crippen LogP contribution in [0.15, 0.2) is 66.7 Å². The molecule has 1 aliphatic heterocycles. The second kappa shape index (κ2) is 8.08. The molecule has 3 aromatic carbocycles. The third kappa shape index (κ3) is 3.46. The summed E-state index contributed by atoms with van der Waals surface area (Å²) in [6.07, 6.45) is 6.30. The molecular formula is C30H32O4. The molecule has 1 saturated heterocycles. The highest BCUT2D eigenvalue weighted by Gasteiger charge is 2.61. The molecule has 0 radical (unpaired) electrons. The van der Waals surface area contributed by atoms with Gasteiger partial charge >= 0.3 is 0 Å². The van der Waals surface area contributed by atoms with E-state index in [1.54, 1.807) is 0 Å². The van der Waals surface area contributed by atoms with Crippen molar-refractivity contribution >= 4 is 10.8 Å². The van der Waals surface area contributed by atoms with Crippen molar-refractivity contribution in [2.75, 3.05) is 6.61 Å². The molecule has 1 heterocycles. The summed E-state index contributed by atoms with van der Waals surface area (Å²) in [6.45, 7) is 2.78. The Balaban J connectivity index is 1.01. The Kier molecular flexibility index (Phi) is 4.97. The summed E-state index contributed by atoms with van der Waals surface area (Å²) in [5.41, 5.74) is 1.20. The maximum Gasteiger partial charge on any atom is 0.207 e. The van der Waals surface area contributed by atoms with Gasteiger partial charge in [-0.1, -0.05) is 49.4 Å². The van der Waals surface area contributed by atoms with E-state index in [0.717, 1.165) is 23.3 Å². The van der Waals surface area contributed by atoms with Crippen LogP contribution in [0.25, 0.3) is 10.8 Å². The van der Waals surface area contributed by atoms with E-state index in [4.69, 9.17) is 19.2 Å². The van der Waals surface area contributed by atoms with Crippen molar-refractivity contribution in [2.45, 2.75) is 56.8 Å². The molecule has 4 aliphatic carbocycles. The number of hydrogen-bond donors (Lipinski definition) is 0. The largest absolute Gasteiger partial charge is 0.457 e. The topological polar surface area (TPSA) is 36.9 Å². The number of hydrogen-bond acceptors (Lipinski definition) is 4. The van der Waals surface area contributed by atoms with Crippen LogP contribution in [0.2, 0.25) is 0 Å². The van der Waals surface area contributed by atoms with Gasteiger partial charge in [-0.15, -0.1) is 0 Å². The second-order valence-electron chi connectivity index (χ2n) is 11.0. The molecule has 4 heteroatoms. The molecule has 5 fully saturated rings. The first kappa shape index (κ1) is 20.9. The molecule has 34 heavy (non-hydrogen) atoms. The zero-order chi connectivity index (χ0) is 22.7. The molecule has 1 spiro atoms. The molecule has 0 N–H and O–H groups in total. The smallest absolute Gasteiger partial charge is 0.207 e. The highest BCUT2D eigenvalue weighted by molar-refractivity contribution is 5.83. The maximum atomic E-state index is 6.56. The number of rotatable bonds is 4. The molecule has 3 aromatic rings. The summed E-state index contributed by atoms with van der Waals surface area (Å²) in [7, 11) is 0. The van der Waals surface area contributed by atoms with E-state index in [2.05, 4.69) is 49.4 Å². The SMILES string of the molecule is C[C@@H](c1ccc(Oc2ccc3ccccc3c2)cc1)C1COC2(OO1)C1CC3CC(C1)CC2C3. The fourth-order valence-corrected chi connectivity index (χ4v) is 7.26. The predicted octanol–water partition coefficient (Wildman–Crippen LogP) is 7.24. The van der Waals surface area contributed by atoms with Crippen molar-refractivity contribution in [3.05, 3.63) is 72.3 Å². The average Bonchev–Trinajstić information content (AvgIpc) is 2.87. The highest BCUT2D eigenvalue weighted by Crippen LogP contribution is 2.61. The highest BCUT2D eigenvalue weighted by atomic mass is 17.2. The van der Waals surface area contributed by atoms with Crippen LogP contribution < -0.4 is 4.74 Å². The third-order valence-electron chi connectivity index (χ3n) is 8.97. The molecule has 1 unspecified atom stereocenters. The van der Waals surface area contributed by atoms with E-state index in [0.29, 0.717) is 18.4 Å². The van der Waals surface area contributed by atoms with Gasteiger partial charge in [0.25, 0.3) is 0 Å². The summed E-state index contributed by atoms with van der Waals surface area (Å²) in [4.78, 5) is 12.3. The van der Waals surface area contributed by atoms with E-state index in [1.165, 1.54) is 48.4 Å². The summed E-state index contributed by atoms with van der Waals surface area (Å²) in [5.74, 6) is 4.14. The van der Waals surface area contributed by atoms with Gasteiger partial charge in [-0.2, -0.15) is 0 Å².